The molecule has 0 aliphatic heterocycles. The average molecular weight is 268 g/mol. The van der Waals surface area contributed by atoms with Gasteiger partial charge in [0.1, 0.15) is 0 Å². The number of carboxylic acids is 2. The lowest BCUT2D eigenvalue weighted by Gasteiger charge is -2.14. The van der Waals surface area contributed by atoms with Crippen molar-refractivity contribution in [3.8, 4) is 0 Å². The van der Waals surface area contributed by atoms with Crippen molar-refractivity contribution in [1.82, 2.24) is 0 Å². The van der Waals surface area contributed by atoms with Crippen molar-refractivity contribution < 1.29 is 29.6 Å². The molecule has 1 unspecified atom stereocenters. The minimum absolute atomic E-state index is 0.0423. The summed E-state index contributed by atoms with van der Waals surface area (Å²) in [5.74, 6) is -2.34. The first-order chi connectivity index (χ1) is 8.95. The molecule has 104 valence electrons. The summed E-state index contributed by atoms with van der Waals surface area (Å²) in [6, 6.07) is 3.98. The molecule has 0 spiro atoms. The van der Waals surface area contributed by atoms with Gasteiger partial charge in [-0.1, -0.05) is 6.07 Å². The largest absolute Gasteiger partial charge is 0.478 e. The lowest BCUT2D eigenvalue weighted by atomic mass is 9.99. The second-order valence-electron chi connectivity index (χ2n) is 4.09. The Balaban J connectivity index is 2.94. The molecule has 0 amide bonds. The Labute approximate surface area is 110 Å². The minimum atomic E-state index is -1.17. The SMILES string of the molecule is CC(Cc1ccc(C(=O)O)cc1C(=O)O)OCCO. The van der Waals surface area contributed by atoms with Crippen molar-refractivity contribution in [1.29, 1.82) is 0 Å². The lowest BCUT2D eigenvalue weighted by Crippen LogP contribution is -2.16. The van der Waals surface area contributed by atoms with Crippen LogP contribution in [0.2, 0.25) is 0 Å². The van der Waals surface area contributed by atoms with Crippen molar-refractivity contribution in [2.75, 3.05) is 13.2 Å². The summed E-state index contributed by atoms with van der Waals surface area (Å²) in [6.07, 6.45) is 0.0718. The first kappa shape index (κ1) is 15.1. The number of hydrogen-bond acceptors (Lipinski definition) is 4. The van der Waals surface area contributed by atoms with Gasteiger partial charge in [-0.2, -0.15) is 0 Å². The Hall–Kier alpha value is -1.92. The quantitative estimate of drug-likeness (QED) is 0.682. The highest BCUT2D eigenvalue weighted by atomic mass is 16.5. The van der Waals surface area contributed by atoms with Crippen molar-refractivity contribution >= 4 is 11.9 Å². The van der Waals surface area contributed by atoms with Crippen LogP contribution in [0.15, 0.2) is 18.2 Å². The molecule has 0 saturated heterocycles. The van der Waals surface area contributed by atoms with Crippen molar-refractivity contribution in [2.45, 2.75) is 19.4 Å². The number of aromatic carboxylic acids is 2. The van der Waals surface area contributed by atoms with Crippen LogP contribution in [0.5, 0.6) is 0 Å². The lowest BCUT2D eigenvalue weighted by molar-refractivity contribution is 0.0393. The van der Waals surface area contributed by atoms with Crippen LogP contribution in [-0.2, 0) is 11.2 Å². The summed E-state index contributed by atoms with van der Waals surface area (Å²) in [5.41, 5.74) is 0.396. The summed E-state index contributed by atoms with van der Waals surface area (Å²) in [6.45, 7) is 1.83. The predicted octanol–water partition coefficient (Wildman–Crippen LogP) is 1.02. The van der Waals surface area contributed by atoms with Gasteiger partial charge in [0.25, 0.3) is 0 Å². The zero-order chi connectivity index (χ0) is 14.4. The molecule has 3 N–H and O–H groups in total. The van der Waals surface area contributed by atoms with Crippen LogP contribution in [0.25, 0.3) is 0 Å². The molecule has 19 heavy (non-hydrogen) atoms. The van der Waals surface area contributed by atoms with Gasteiger partial charge in [-0.15, -0.1) is 0 Å². The Morgan fingerprint density at radius 2 is 1.95 bits per heavy atom. The van der Waals surface area contributed by atoms with E-state index in [1.165, 1.54) is 12.1 Å². The Morgan fingerprint density at radius 1 is 1.26 bits per heavy atom. The van der Waals surface area contributed by atoms with Crippen LogP contribution < -0.4 is 0 Å². The smallest absolute Gasteiger partial charge is 0.335 e. The molecule has 0 aliphatic rings. The molecule has 0 aromatic heterocycles. The maximum Gasteiger partial charge on any atom is 0.335 e. The van der Waals surface area contributed by atoms with Crippen LogP contribution in [-0.4, -0.2) is 46.6 Å². The van der Waals surface area contributed by atoms with Crippen LogP contribution in [0.4, 0.5) is 0 Å². The third-order valence-electron chi connectivity index (χ3n) is 2.59. The zero-order valence-corrected chi connectivity index (χ0v) is 10.5. The van der Waals surface area contributed by atoms with E-state index < -0.39 is 11.9 Å². The molecule has 0 saturated carbocycles. The number of aliphatic hydroxyl groups is 1. The van der Waals surface area contributed by atoms with Gasteiger partial charge < -0.3 is 20.1 Å². The third kappa shape index (κ3) is 4.35. The molecule has 0 aliphatic carbocycles. The van der Waals surface area contributed by atoms with Gasteiger partial charge in [-0.05, 0) is 31.0 Å². The molecule has 1 rings (SSSR count). The van der Waals surface area contributed by atoms with E-state index in [4.69, 9.17) is 20.1 Å². The third-order valence-corrected chi connectivity index (χ3v) is 2.59. The fraction of sp³-hybridized carbons (Fsp3) is 0.385. The van der Waals surface area contributed by atoms with Crippen LogP contribution in [0.1, 0.15) is 33.2 Å². The molecule has 1 aromatic carbocycles. The molecule has 0 heterocycles. The van der Waals surface area contributed by atoms with Gasteiger partial charge in [-0.25, -0.2) is 9.59 Å². The van der Waals surface area contributed by atoms with E-state index in [0.29, 0.717) is 12.0 Å². The van der Waals surface area contributed by atoms with Crippen molar-refractivity contribution in [3.05, 3.63) is 34.9 Å². The fourth-order valence-corrected chi connectivity index (χ4v) is 1.71. The molecular formula is C13H16O6. The number of hydrogen-bond donors (Lipinski definition) is 3. The van der Waals surface area contributed by atoms with E-state index in [1.807, 2.05) is 0 Å². The second kappa shape index (κ2) is 6.86. The van der Waals surface area contributed by atoms with Crippen molar-refractivity contribution in [2.24, 2.45) is 0 Å². The molecule has 6 nitrogen and oxygen atoms in total. The number of aliphatic hydroxyl groups excluding tert-OH is 1. The highest BCUT2D eigenvalue weighted by molar-refractivity contribution is 5.94. The van der Waals surface area contributed by atoms with Gasteiger partial charge in [-0.3, -0.25) is 0 Å². The fourth-order valence-electron chi connectivity index (χ4n) is 1.71. The molecule has 1 aromatic rings. The molecule has 1 atom stereocenters. The summed E-state index contributed by atoms with van der Waals surface area (Å²) in [5, 5.41) is 26.6. The van der Waals surface area contributed by atoms with Gasteiger partial charge in [0.05, 0.1) is 30.4 Å². The Kier molecular flexibility index (Phi) is 5.47. The number of carbonyl (C=O) groups is 2. The van der Waals surface area contributed by atoms with E-state index in [0.717, 1.165) is 6.07 Å². The topological polar surface area (TPSA) is 104 Å². The first-order valence-electron chi connectivity index (χ1n) is 5.77. The van der Waals surface area contributed by atoms with Crippen LogP contribution in [0.3, 0.4) is 0 Å². The van der Waals surface area contributed by atoms with Gasteiger partial charge in [0.15, 0.2) is 0 Å². The van der Waals surface area contributed by atoms with Crippen LogP contribution in [0, 0.1) is 0 Å². The maximum absolute atomic E-state index is 11.1. The zero-order valence-electron chi connectivity index (χ0n) is 10.5. The summed E-state index contributed by atoms with van der Waals surface area (Å²) >= 11 is 0. The first-order valence-corrected chi connectivity index (χ1v) is 5.77. The number of benzene rings is 1. The average Bonchev–Trinajstić information content (AvgIpc) is 2.36. The van der Waals surface area contributed by atoms with Gasteiger partial charge >= 0.3 is 11.9 Å². The van der Waals surface area contributed by atoms with E-state index in [1.54, 1.807) is 6.92 Å². The minimum Gasteiger partial charge on any atom is -0.478 e. The van der Waals surface area contributed by atoms with E-state index in [-0.39, 0.29) is 30.4 Å². The number of rotatable bonds is 7. The summed E-state index contributed by atoms with van der Waals surface area (Å²) in [7, 11) is 0. The molecule has 0 bridgehead atoms. The number of ether oxygens (including phenoxy) is 1. The highest BCUT2D eigenvalue weighted by Gasteiger charge is 2.16. The molecule has 0 fully saturated rings. The predicted molar refractivity (Wildman–Crippen MR) is 66.6 cm³/mol. The molecule has 0 radical (unpaired) electrons. The Bertz CT molecular complexity index is 468. The van der Waals surface area contributed by atoms with E-state index in [9.17, 15) is 9.59 Å². The highest BCUT2D eigenvalue weighted by Crippen LogP contribution is 2.15. The van der Waals surface area contributed by atoms with Crippen LogP contribution >= 0.6 is 0 Å². The number of carboxylic acid groups (broad SMARTS) is 2. The summed E-state index contributed by atoms with van der Waals surface area (Å²) < 4.78 is 5.25. The second-order valence-corrected chi connectivity index (χ2v) is 4.09. The monoisotopic (exact) mass is 268 g/mol. The van der Waals surface area contributed by atoms with E-state index >= 15 is 0 Å². The van der Waals surface area contributed by atoms with Crippen molar-refractivity contribution in [3.63, 3.8) is 0 Å². The van der Waals surface area contributed by atoms with Gasteiger partial charge in [0.2, 0.25) is 0 Å². The van der Waals surface area contributed by atoms with Gasteiger partial charge in [0, 0.05) is 0 Å². The maximum atomic E-state index is 11.1. The van der Waals surface area contributed by atoms with E-state index in [2.05, 4.69) is 0 Å². The standard InChI is InChI=1S/C13H16O6/c1-8(19-5-4-14)6-9-2-3-10(12(15)16)7-11(9)13(17)18/h2-3,7-8,14H,4-6H2,1H3,(H,15,16)(H,17,18). The Morgan fingerprint density at radius 3 is 2.47 bits per heavy atom. The molecule has 6 heteroatoms. The summed E-state index contributed by atoms with van der Waals surface area (Å²) in [4.78, 5) is 21.9. The normalized spacial score (nSPS) is 12.1. The molecular weight excluding hydrogens is 252 g/mol.